The molecular weight excluding hydrogens is 224 g/mol. The van der Waals surface area contributed by atoms with Gasteiger partial charge in [0, 0.05) is 0 Å². The molecule has 0 aromatic carbocycles. The highest BCUT2D eigenvalue weighted by Gasteiger charge is 2.10. The number of amides is 2. The van der Waals surface area contributed by atoms with Crippen LogP contribution in [0.15, 0.2) is 0 Å². The van der Waals surface area contributed by atoms with E-state index >= 15 is 0 Å². The Morgan fingerprint density at radius 2 is 2.12 bits per heavy atom. The largest absolute Gasteiger partial charge is 0.465 e. The van der Waals surface area contributed by atoms with Crippen molar-refractivity contribution in [3.05, 3.63) is 11.4 Å². The predicted molar refractivity (Wildman–Crippen MR) is 61.7 cm³/mol. The van der Waals surface area contributed by atoms with E-state index in [0.29, 0.717) is 18.0 Å². The van der Waals surface area contributed by atoms with Crippen LogP contribution in [0.3, 0.4) is 0 Å². The SMILES string of the molecule is CCOC(=O)CNC(=O)Nc1c(C)n[nH]c1C. The fraction of sp³-hybridized carbons (Fsp3) is 0.500. The first kappa shape index (κ1) is 13.0. The van der Waals surface area contributed by atoms with E-state index in [4.69, 9.17) is 0 Å². The third-order valence-electron chi connectivity index (χ3n) is 2.07. The number of carbonyl (C=O) groups excluding carboxylic acids is 2. The second kappa shape index (κ2) is 5.88. The number of carbonyl (C=O) groups is 2. The first-order chi connectivity index (χ1) is 8.04. The average Bonchev–Trinajstić information content (AvgIpc) is 2.58. The lowest BCUT2D eigenvalue weighted by molar-refractivity contribution is -0.141. The van der Waals surface area contributed by atoms with Gasteiger partial charge in [0.25, 0.3) is 0 Å². The highest BCUT2D eigenvalue weighted by atomic mass is 16.5. The van der Waals surface area contributed by atoms with Crippen molar-refractivity contribution in [1.29, 1.82) is 0 Å². The van der Waals surface area contributed by atoms with Crippen LogP contribution in [0.5, 0.6) is 0 Å². The summed E-state index contributed by atoms with van der Waals surface area (Å²) in [5, 5.41) is 11.7. The minimum Gasteiger partial charge on any atom is -0.465 e. The topological polar surface area (TPSA) is 96.1 Å². The lowest BCUT2D eigenvalue weighted by Gasteiger charge is -2.07. The van der Waals surface area contributed by atoms with Crippen molar-refractivity contribution >= 4 is 17.7 Å². The second-order valence-electron chi connectivity index (χ2n) is 3.42. The molecule has 1 heterocycles. The summed E-state index contributed by atoms with van der Waals surface area (Å²) in [6.45, 7) is 5.40. The number of hydrogen-bond donors (Lipinski definition) is 3. The zero-order chi connectivity index (χ0) is 12.8. The monoisotopic (exact) mass is 240 g/mol. The standard InChI is InChI=1S/C10H16N4O3/c1-4-17-8(15)5-11-10(16)12-9-6(2)13-14-7(9)3/h4-5H2,1-3H3,(H,13,14)(H2,11,12,16). The highest BCUT2D eigenvalue weighted by Crippen LogP contribution is 2.15. The molecule has 0 spiro atoms. The van der Waals surface area contributed by atoms with Crippen molar-refractivity contribution in [3.63, 3.8) is 0 Å². The molecule has 0 bridgehead atoms. The smallest absolute Gasteiger partial charge is 0.325 e. The van der Waals surface area contributed by atoms with Gasteiger partial charge in [-0.3, -0.25) is 9.89 Å². The van der Waals surface area contributed by atoms with Gasteiger partial charge in [0.05, 0.1) is 23.7 Å². The molecule has 17 heavy (non-hydrogen) atoms. The molecule has 3 N–H and O–H groups in total. The number of nitrogens with zero attached hydrogens (tertiary/aromatic N) is 1. The number of aryl methyl sites for hydroxylation is 2. The predicted octanol–water partition coefficient (Wildman–Crippen LogP) is 0.711. The maximum absolute atomic E-state index is 11.5. The Morgan fingerprint density at radius 1 is 1.41 bits per heavy atom. The van der Waals surface area contributed by atoms with Crippen LogP contribution in [0.2, 0.25) is 0 Å². The summed E-state index contributed by atoms with van der Waals surface area (Å²) < 4.78 is 4.67. The molecule has 7 heteroatoms. The molecule has 0 radical (unpaired) electrons. The summed E-state index contributed by atoms with van der Waals surface area (Å²) in [6, 6.07) is -0.467. The Kier molecular flexibility index (Phi) is 4.50. The summed E-state index contributed by atoms with van der Waals surface area (Å²) in [4.78, 5) is 22.5. The van der Waals surface area contributed by atoms with Gasteiger partial charge in [0.2, 0.25) is 0 Å². The van der Waals surface area contributed by atoms with E-state index in [9.17, 15) is 9.59 Å². The van der Waals surface area contributed by atoms with Crippen LogP contribution in [0, 0.1) is 13.8 Å². The molecule has 1 aromatic heterocycles. The van der Waals surface area contributed by atoms with Crippen LogP contribution < -0.4 is 10.6 Å². The zero-order valence-electron chi connectivity index (χ0n) is 10.1. The number of aromatic amines is 1. The minimum atomic E-state index is -0.469. The second-order valence-corrected chi connectivity index (χ2v) is 3.42. The first-order valence-corrected chi connectivity index (χ1v) is 5.26. The maximum Gasteiger partial charge on any atom is 0.325 e. The van der Waals surface area contributed by atoms with E-state index in [1.54, 1.807) is 20.8 Å². The van der Waals surface area contributed by atoms with Gasteiger partial charge in [-0.2, -0.15) is 5.10 Å². The van der Waals surface area contributed by atoms with Crippen LogP contribution in [-0.2, 0) is 9.53 Å². The fourth-order valence-electron chi connectivity index (χ4n) is 1.26. The van der Waals surface area contributed by atoms with Crippen molar-refractivity contribution in [2.24, 2.45) is 0 Å². The van der Waals surface area contributed by atoms with Gasteiger partial charge in [-0.05, 0) is 20.8 Å². The van der Waals surface area contributed by atoms with Gasteiger partial charge in [-0.25, -0.2) is 4.79 Å². The van der Waals surface area contributed by atoms with Crippen molar-refractivity contribution in [1.82, 2.24) is 15.5 Å². The normalized spacial score (nSPS) is 9.82. The highest BCUT2D eigenvalue weighted by molar-refractivity contribution is 5.92. The number of urea groups is 1. The molecule has 2 amide bonds. The van der Waals surface area contributed by atoms with Crippen molar-refractivity contribution in [3.8, 4) is 0 Å². The summed E-state index contributed by atoms with van der Waals surface area (Å²) in [6.07, 6.45) is 0. The Labute approximate surface area is 98.9 Å². The van der Waals surface area contributed by atoms with Crippen molar-refractivity contribution < 1.29 is 14.3 Å². The number of hydrogen-bond acceptors (Lipinski definition) is 4. The zero-order valence-corrected chi connectivity index (χ0v) is 10.1. The summed E-state index contributed by atoms with van der Waals surface area (Å²) in [5.41, 5.74) is 2.06. The average molecular weight is 240 g/mol. The summed E-state index contributed by atoms with van der Waals surface area (Å²) in [7, 11) is 0. The van der Waals surface area contributed by atoms with Crippen LogP contribution in [-0.4, -0.2) is 35.3 Å². The number of anilines is 1. The Balaban J connectivity index is 2.43. The fourth-order valence-corrected chi connectivity index (χ4v) is 1.26. The molecule has 0 aliphatic heterocycles. The lowest BCUT2D eigenvalue weighted by atomic mass is 10.3. The molecule has 0 saturated carbocycles. The number of H-pyrrole nitrogens is 1. The molecule has 0 atom stereocenters. The van der Waals surface area contributed by atoms with Crippen LogP contribution in [0.4, 0.5) is 10.5 Å². The van der Waals surface area contributed by atoms with Crippen LogP contribution in [0.1, 0.15) is 18.3 Å². The molecule has 0 fully saturated rings. The van der Waals surface area contributed by atoms with Crippen LogP contribution in [0.25, 0.3) is 0 Å². The van der Waals surface area contributed by atoms with Crippen molar-refractivity contribution in [2.45, 2.75) is 20.8 Å². The van der Waals surface area contributed by atoms with E-state index < -0.39 is 12.0 Å². The quantitative estimate of drug-likeness (QED) is 0.675. The van der Waals surface area contributed by atoms with E-state index in [1.165, 1.54) is 0 Å². The minimum absolute atomic E-state index is 0.157. The van der Waals surface area contributed by atoms with Gasteiger partial charge >= 0.3 is 12.0 Å². The van der Waals surface area contributed by atoms with Gasteiger partial charge in [0.15, 0.2) is 0 Å². The van der Waals surface area contributed by atoms with Crippen LogP contribution >= 0.6 is 0 Å². The molecule has 94 valence electrons. The molecular formula is C10H16N4O3. The third kappa shape index (κ3) is 3.78. The molecule has 0 aliphatic carbocycles. The van der Waals surface area contributed by atoms with E-state index in [1.807, 2.05) is 0 Å². The lowest BCUT2D eigenvalue weighted by Crippen LogP contribution is -2.34. The molecule has 0 saturated heterocycles. The number of aromatic nitrogens is 2. The molecule has 7 nitrogen and oxygen atoms in total. The first-order valence-electron chi connectivity index (χ1n) is 5.26. The summed E-state index contributed by atoms with van der Waals surface area (Å²) >= 11 is 0. The van der Waals surface area contributed by atoms with Gasteiger partial charge in [-0.1, -0.05) is 0 Å². The van der Waals surface area contributed by atoms with E-state index in [-0.39, 0.29) is 6.54 Å². The number of esters is 1. The van der Waals surface area contributed by atoms with Gasteiger partial charge < -0.3 is 15.4 Å². The maximum atomic E-state index is 11.5. The molecule has 0 unspecified atom stereocenters. The Bertz CT molecular complexity index is 394. The molecule has 1 aromatic rings. The van der Waals surface area contributed by atoms with E-state index in [0.717, 1.165) is 5.69 Å². The molecule has 1 rings (SSSR count). The molecule has 0 aliphatic rings. The van der Waals surface area contributed by atoms with Gasteiger partial charge in [-0.15, -0.1) is 0 Å². The number of ether oxygens (including phenoxy) is 1. The Morgan fingerprint density at radius 3 is 2.65 bits per heavy atom. The van der Waals surface area contributed by atoms with Crippen molar-refractivity contribution in [2.75, 3.05) is 18.5 Å². The Hall–Kier alpha value is -2.05. The number of nitrogens with one attached hydrogen (secondary N) is 3. The van der Waals surface area contributed by atoms with E-state index in [2.05, 4.69) is 25.6 Å². The van der Waals surface area contributed by atoms with Gasteiger partial charge in [0.1, 0.15) is 6.54 Å². The third-order valence-corrected chi connectivity index (χ3v) is 2.07. The number of rotatable bonds is 4. The summed E-state index contributed by atoms with van der Waals surface area (Å²) in [5.74, 6) is -0.469.